The van der Waals surface area contributed by atoms with Gasteiger partial charge in [-0.05, 0) is 44.9 Å². The number of benzene rings is 1. The number of aromatic nitrogens is 2. The fraction of sp³-hybridized carbons (Fsp3) is 0.278. The Kier molecular flexibility index (Phi) is 4.49. The number of hydrogen-bond acceptors (Lipinski definition) is 5. The lowest BCUT2D eigenvalue weighted by molar-refractivity contribution is -0.118. The van der Waals surface area contributed by atoms with E-state index in [9.17, 15) is 4.79 Å². The average molecular weight is 341 g/mol. The topological polar surface area (TPSA) is 64.1 Å². The van der Waals surface area contributed by atoms with Gasteiger partial charge >= 0.3 is 0 Å². The average Bonchev–Trinajstić information content (AvgIpc) is 2.83. The summed E-state index contributed by atoms with van der Waals surface area (Å²) in [7, 11) is 0. The van der Waals surface area contributed by atoms with Gasteiger partial charge in [0, 0.05) is 10.6 Å². The van der Waals surface area contributed by atoms with Crippen LogP contribution >= 0.6 is 11.3 Å². The molecule has 1 amide bonds. The van der Waals surface area contributed by atoms with E-state index in [4.69, 9.17) is 4.74 Å². The molecule has 0 aliphatic rings. The first-order chi connectivity index (χ1) is 11.5. The quantitative estimate of drug-likeness (QED) is 0.780. The van der Waals surface area contributed by atoms with Gasteiger partial charge in [0.15, 0.2) is 6.61 Å². The molecule has 24 heavy (non-hydrogen) atoms. The summed E-state index contributed by atoms with van der Waals surface area (Å²) in [6.07, 6.45) is 1.47. The van der Waals surface area contributed by atoms with Gasteiger partial charge in [0.2, 0.25) is 5.88 Å². The third-order valence-electron chi connectivity index (χ3n) is 3.93. The van der Waals surface area contributed by atoms with Crippen LogP contribution in [0.2, 0.25) is 0 Å². The Morgan fingerprint density at radius 1 is 1.21 bits per heavy atom. The maximum absolute atomic E-state index is 12.2. The van der Waals surface area contributed by atoms with Crippen molar-refractivity contribution in [1.29, 1.82) is 0 Å². The van der Waals surface area contributed by atoms with E-state index in [1.54, 1.807) is 11.3 Å². The van der Waals surface area contributed by atoms with E-state index in [1.165, 1.54) is 11.2 Å². The molecule has 3 aromatic rings. The van der Waals surface area contributed by atoms with Crippen LogP contribution in [-0.4, -0.2) is 22.5 Å². The van der Waals surface area contributed by atoms with Crippen molar-refractivity contribution in [2.45, 2.75) is 27.7 Å². The van der Waals surface area contributed by atoms with Gasteiger partial charge in [-0.1, -0.05) is 17.7 Å². The summed E-state index contributed by atoms with van der Waals surface area (Å²) in [5.41, 5.74) is 4.08. The second-order valence-corrected chi connectivity index (χ2v) is 7.00. The van der Waals surface area contributed by atoms with Crippen LogP contribution in [0.5, 0.6) is 5.88 Å². The number of rotatable bonds is 4. The highest BCUT2D eigenvalue weighted by molar-refractivity contribution is 7.18. The van der Waals surface area contributed by atoms with E-state index >= 15 is 0 Å². The molecule has 2 heterocycles. The molecule has 1 N–H and O–H groups in total. The van der Waals surface area contributed by atoms with E-state index in [0.29, 0.717) is 5.88 Å². The number of carbonyl (C=O) groups excluding carboxylic acids is 1. The second kappa shape index (κ2) is 6.57. The van der Waals surface area contributed by atoms with Gasteiger partial charge in [0.25, 0.3) is 5.91 Å². The van der Waals surface area contributed by atoms with Crippen LogP contribution in [0.4, 0.5) is 5.69 Å². The van der Waals surface area contributed by atoms with E-state index in [1.807, 2.05) is 45.9 Å². The highest BCUT2D eigenvalue weighted by Crippen LogP contribution is 2.33. The fourth-order valence-electron chi connectivity index (χ4n) is 2.53. The van der Waals surface area contributed by atoms with Gasteiger partial charge in [0.05, 0.1) is 5.39 Å². The fourth-order valence-corrected chi connectivity index (χ4v) is 3.52. The van der Waals surface area contributed by atoms with Crippen LogP contribution in [0.3, 0.4) is 0 Å². The van der Waals surface area contributed by atoms with Crippen LogP contribution in [0, 0.1) is 27.7 Å². The predicted octanol–water partition coefficient (Wildman–Crippen LogP) is 3.94. The number of hydrogen-bond donors (Lipinski definition) is 1. The van der Waals surface area contributed by atoms with Gasteiger partial charge in [-0.15, -0.1) is 11.3 Å². The van der Waals surface area contributed by atoms with Crippen LogP contribution < -0.4 is 10.1 Å². The summed E-state index contributed by atoms with van der Waals surface area (Å²) in [4.78, 5) is 22.7. The molecule has 3 rings (SSSR count). The molecule has 124 valence electrons. The first-order valence-corrected chi connectivity index (χ1v) is 8.48. The minimum Gasteiger partial charge on any atom is -0.467 e. The van der Waals surface area contributed by atoms with Crippen molar-refractivity contribution < 1.29 is 9.53 Å². The number of thiophene rings is 1. The zero-order valence-electron chi connectivity index (χ0n) is 14.1. The van der Waals surface area contributed by atoms with E-state index in [0.717, 1.165) is 32.6 Å². The molecule has 1 aromatic carbocycles. The van der Waals surface area contributed by atoms with Crippen molar-refractivity contribution in [3.63, 3.8) is 0 Å². The van der Waals surface area contributed by atoms with Gasteiger partial charge < -0.3 is 10.1 Å². The number of aryl methyl sites for hydroxylation is 4. The largest absolute Gasteiger partial charge is 0.467 e. The van der Waals surface area contributed by atoms with E-state index in [-0.39, 0.29) is 12.5 Å². The molecule has 0 unspecified atom stereocenters. The normalized spacial score (nSPS) is 10.8. The van der Waals surface area contributed by atoms with Crippen molar-refractivity contribution in [3.05, 3.63) is 46.1 Å². The SMILES string of the molecule is Cc1ccc(NC(=O)COc2ncnc3sc(C)c(C)c23)c(C)c1. The Labute approximate surface area is 144 Å². The third kappa shape index (κ3) is 3.23. The Balaban J connectivity index is 1.73. The molecular formula is C18H19N3O2S. The molecule has 0 atom stereocenters. The Morgan fingerprint density at radius 2 is 2.00 bits per heavy atom. The van der Waals surface area contributed by atoms with Crippen molar-refractivity contribution in [3.8, 4) is 5.88 Å². The molecule has 0 bridgehead atoms. The van der Waals surface area contributed by atoms with Crippen LogP contribution in [-0.2, 0) is 4.79 Å². The summed E-state index contributed by atoms with van der Waals surface area (Å²) in [6, 6.07) is 5.90. The zero-order valence-corrected chi connectivity index (χ0v) is 15.0. The lowest BCUT2D eigenvalue weighted by Crippen LogP contribution is -2.21. The summed E-state index contributed by atoms with van der Waals surface area (Å²) >= 11 is 1.60. The third-order valence-corrected chi connectivity index (χ3v) is 5.04. The molecule has 6 heteroatoms. The zero-order chi connectivity index (χ0) is 17.3. The number of nitrogens with one attached hydrogen (secondary N) is 1. The lowest BCUT2D eigenvalue weighted by Gasteiger charge is -2.10. The van der Waals surface area contributed by atoms with Gasteiger partial charge in [0.1, 0.15) is 11.2 Å². The molecule has 0 fully saturated rings. The van der Waals surface area contributed by atoms with Crippen LogP contribution in [0.15, 0.2) is 24.5 Å². The standard InChI is InChI=1S/C18H19N3O2S/c1-10-5-6-14(11(2)7-10)21-15(22)8-23-17-16-12(3)13(4)24-18(16)20-9-19-17/h5-7,9H,8H2,1-4H3,(H,21,22). The van der Waals surface area contributed by atoms with Crippen molar-refractivity contribution in [1.82, 2.24) is 9.97 Å². The number of anilines is 1. The lowest BCUT2D eigenvalue weighted by atomic mass is 10.1. The van der Waals surface area contributed by atoms with Gasteiger partial charge in [-0.2, -0.15) is 0 Å². The first kappa shape index (κ1) is 16.4. The second-order valence-electron chi connectivity index (χ2n) is 5.80. The molecule has 0 spiro atoms. The summed E-state index contributed by atoms with van der Waals surface area (Å²) in [5.74, 6) is 0.246. The molecule has 0 saturated carbocycles. The smallest absolute Gasteiger partial charge is 0.262 e. The Morgan fingerprint density at radius 3 is 2.75 bits per heavy atom. The Bertz CT molecular complexity index is 918. The maximum Gasteiger partial charge on any atom is 0.262 e. The summed E-state index contributed by atoms with van der Waals surface area (Å²) in [5, 5.41) is 3.76. The highest BCUT2D eigenvalue weighted by atomic mass is 32.1. The molecule has 0 radical (unpaired) electrons. The molecule has 0 aliphatic carbocycles. The summed E-state index contributed by atoms with van der Waals surface area (Å²) < 4.78 is 5.65. The van der Waals surface area contributed by atoms with Crippen molar-refractivity contribution >= 4 is 33.1 Å². The number of fused-ring (bicyclic) bond motifs is 1. The number of nitrogens with zero attached hydrogens (tertiary/aromatic N) is 2. The molecule has 0 saturated heterocycles. The van der Waals surface area contributed by atoms with Gasteiger partial charge in [-0.3, -0.25) is 4.79 Å². The first-order valence-electron chi connectivity index (χ1n) is 7.66. The van der Waals surface area contributed by atoms with E-state index < -0.39 is 0 Å². The minimum atomic E-state index is -0.210. The van der Waals surface area contributed by atoms with E-state index in [2.05, 4.69) is 15.3 Å². The minimum absolute atomic E-state index is 0.0895. The van der Waals surface area contributed by atoms with Gasteiger partial charge in [-0.25, -0.2) is 9.97 Å². The monoisotopic (exact) mass is 341 g/mol. The summed E-state index contributed by atoms with van der Waals surface area (Å²) in [6.45, 7) is 7.95. The number of carbonyl (C=O) groups is 1. The number of amides is 1. The molecular weight excluding hydrogens is 322 g/mol. The van der Waals surface area contributed by atoms with Crippen molar-refractivity contribution in [2.24, 2.45) is 0 Å². The van der Waals surface area contributed by atoms with Crippen LogP contribution in [0.25, 0.3) is 10.2 Å². The molecule has 2 aromatic heterocycles. The molecule has 5 nitrogen and oxygen atoms in total. The van der Waals surface area contributed by atoms with Crippen LogP contribution in [0.1, 0.15) is 21.6 Å². The highest BCUT2D eigenvalue weighted by Gasteiger charge is 2.14. The Hall–Kier alpha value is -2.47. The predicted molar refractivity (Wildman–Crippen MR) is 96.9 cm³/mol. The number of ether oxygens (including phenoxy) is 1. The molecule has 0 aliphatic heterocycles. The van der Waals surface area contributed by atoms with Crippen molar-refractivity contribution in [2.75, 3.05) is 11.9 Å². The maximum atomic E-state index is 12.2.